The first kappa shape index (κ1) is 22.3. The van der Waals surface area contributed by atoms with Crippen molar-refractivity contribution in [3.05, 3.63) is 63.8 Å². The van der Waals surface area contributed by atoms with Gasteiger partial charge in [-0.25, -0.2) is 4.98 Å². The molecular formula is C24H24N4O2S2. The van der Waals surface area contributed by atoms with E-state index in [-0.39, 0.29) is 23.8 Å². The Bertz CT molecular complexity index is 1260. The van der Waals surface area contributed by atoms with Gasteiger partial charge in [-0.3, -0.25) is 19.1 Å². The molecule has 1 atom stereocenters. The predicted molar refractivity (Wildman–Crippen MR) is 130 cm³/mol. The first-order valence-electron chi connectivity index (χ1n) is 10.5. The number of carbonyl (C=O) groups is 1. The number of nitrogens with zero attached hydrogens (tertiary/aromatic N) is 4. The van der Waals surface area contributed by atoms with Gasteiger partial charge >= 0.3 is 0 Å². The van der Waals surface area contributed by atoms with Crippen molar-refractivity contribution in [2.24, 2.45) is 5.92 Å². The van der Waals surface area contributed by atoms with Crippen molar-refractivity contribution in [3.63, 3.8) is 0 Å². The van der Waals surface area contributed by atoms with Crippen molar-refractivity contribution in [3.8, 4) is 6.07 Å². The third kappa shape index (κ3) is 4.36. The zero-order chi connectivity index (χ0) is 22.7. The fraction of sp³-hybridized carbons (Fsp3) is 0.333. The van der Waals surface area contributed by atoms with Gasteiger partial charge in [0.2, 0.25) is 5.91 Å². The molecule has 4 rings (SSSR count). The monoisotopic (exact) mass is 464 g/mol. The van der Waals surface area contributed by atoms with E-state index in [1.165, 1.54) is 21.5 Å². The molecule has 0 fully saturated rings. The Balaban J connectivity index is 1.65. The minimum Gasteiger partial charge on any atom is -0.298 e. The van der Waals surface area contributed by atoms with E-state index in [0.29, 0.717) is 23.3 Å². The number of anilines is 1. The Hall–Kier alpha value is -2.89. The summed E-state index contributed by atoms with van der Waals surface area (Å²) in [5.41, 5.74) is 1.76. The van der Waals surface area contributed by atoms with Crippen LogP contribution < -0.4 is 10.5 Å². The van der Waals surface area contributed by atoms with E-state index in [1.54, 1.807) is 34.1 Å². The van der Waals surface area contributed by atoms with Gasteiger partial charge in [0.05, 0.1) is 17.2 Å². The lowest BCUT2D eigenvalue weighted by Gasteiger charge is -2.20. The number of aromatic nitrogens is 2. The smallest absolute Gasteiger partial charge is 0.263 e. The molecule has 0 saturated heterocycles. The van der Waals surface area contributed by atoms with Gasteiger partial charge in [-0.1, -0.05) is 43.0 Å². The van der Waals surface area contributed by atoms with Crippen molar-refractivity contribution in [1.29, 1.82) is 5.26 Å². The van der Waals surface area contributed by atoms with E-state index in [0.717, 1.165) is 35.0 Å². The summed E-state index contributed by atoms with van der Waals surface area (Å²) in [6, 6.07) is 11.2. The number of rotatable bonds is 7. The first-order chi connectivity index (χ1) is 15.5. The van der Waals surface area contributed by atoms with Gasteiger partial charge in [0.1, 0.15) is 11.4 Å². The lowest BCUT2D eigenvalue weighted by molar-refractivity contribution is -0.116. The number of amides is 1. The molecule has 3 aromatic rings. The van der Waals surface area contributed by atoms with Crippen molar-refractivity contribution in [2.75, 3.05) is 17.2 Å². The molecule has 0 spiro atoms. The first-order valence-corrected chi connectivity index (χ1v) is 12.3. The average Bonchev–Trinajstić information content (AvgIpc) is 3.16. The average molecular weight is 465 g/mol. The molecule has 1 aliphatic rings. The zero-order valence-corrected chi connectivity index (χ0v) is 19.5. The van der Waals surface area contributed by atoms with Crippen molar-refractivity contribution < 1.29 is 4.79 Å². The lowest BCUT2D eigenvalue weighted by Crippen LogP contribution is -2.33. The van der Waals surface area contributed by atoms with E-state index >= 15 is 0 Å². The molecule has 1 unspecified atom stereocenters. The molecule has 32 heavy (non-hydrogen) atoms. The van der Waals surface area contributed by atoms with Crippen LogP contribution in [-0.4, -0.2) is 27.8 Å². The van der Waals surface area contributed by atoms with Crippen LogP contribution in [0, 0.1) is 17.2 Å². The van der Waals surface area contributed by atoms with Crippen LogP contribution in [0.4, 0.5) is 5.69 Å². The van der Waals surface area contributed by atoms with Crippen molar-refractivity contribution >= 4 is 44.9 Å². The Labute approximate surface area is 195 Å². The second-order valence-corrected chi connectivity index (χ2v) is 9.92. The molecule has 1 amide bonds. The number of hydrogen-bond donors (Lipinski definition) is 0. The number of benzene rings is 1. The molecular weight excluding hydrogens is 440 g/mol. The summed E-state index contributed by atoms with van der Waals surface area (Å²) in [5, 5.41) is 10.4. The largest absolute Gasteiger partial charge is 0.298 e. The fourth-order valence-corrected chi connectivity index (χ4v) is 6.32. The van der Waals surface area contributed by atoms with Crippen LogP contribution >= 0.6 is 23.1 Å². The van der Waals surface area contributed by atoms with Gasteiger partial charge in [0, 0.05) is 17.1 Å². The van der Waals surface area contributed by atoms with E-state index in [4.69, 9.17) is 4.98 Å². The third-order valence-electron chi connectivity index (χ3n) is 5.61. The van der Waals surface area contributed by atoms with E-state index in [2.05, 4.69) is 19.6 Å². The highest BCUT2D eigenvalue weighted by molar-refractivity contribution is 7.99. The SMILES string of the molecule is C=CCn1c(SCC(=O)N(CC#N)c2ccccc2)nc2sc3c(c2c1=O)CCC(C)C3. The van der Waals surface area contributed by atoms with Crippen LogP contribution in [0.1, 0.15) is 23.8 Å². The topological polar surface area (TPSA) is 79.0 Å². The molecule has 2 aromatic heterocycles. The maximum Gasteiger partial charge on any atom is 0.263 e. The van der Waals surface area contributed by atoms with E-state index in [1.807, 2.05) is 18.2 Å². The van der Waals surface area contributed by atoms with E-state index < -0.39 is 0 Å². The van der Waals surface area contributed by atoms with Gasteiger partial charge in [-0.2, -0.15) is 5.26 Å². The standard InChI is InChI=1S/C24H24N4O2S2/c1-3-12-28-23(30)21-18-10-9-16(2)14-19(18)32-22(21)26-24(28)31-15-20(29)27(13-11-25)17-7-5-4-6-8-17/h3-8,16H,1,9-10,12-15H2,2H3. The Morgan fingerprint density at radius 2 is 2.22 bits per heavy atom. The molecule has 1 aliphatic carbocycles. The number of thiophene rings is 1. The molecule has 0 saturated carbocycles. The minimum atomic E-state index is -0.207. The highest BCUT2D eigenvalue weighted by Gasteiger charge is 2.25. The number of aryl methyl sites for hydroxylation is 1. The third-order valence-corrected chi connectivity index (χ3v) is 7.72. The van der Waals surface area contributed by atoms with Gasteiger partial charge in [0.15, 0.2) is 5.16 Å². The summed E-state index contributed by atoms with van der Waals surface area (Å²) in [6.07, 6.45) is 4.65. The molecule has 0 N–H and O–H groups in total. The van der Waals surface area contributed by atoms with Crippen LogP contribution in [0.3, 0.4) is 0 Å². The van der Waals surface area contributed by atoms with Gasteiger partial charge in [-0.05, 0) is 42.9 Å². The molecule has 2 heterocycles. The number of thioether (sulfide) groups is 1. The Kier molecular flexibility index (Phi) is 6.77. The molecule has 1 aromatic carbocycles. The van der Waals surface area contributed by atoms with Crippen LogP contribution in [-0.2, 0) is 24.2 Å². The molecule has 6 nitrogen and oxygen atoms in total. The summed E-state index contributed by atoms with van der Waals surface area (Å²) >= 11 is 2.83. The fourth-order valence-electron chi connectivity index (χ4n) is 4.01. The number of para-hydroxylation sites is 1. The maximum absolute atomic E-state index is 13.4. The van der Waals surface area contributed by atoms with Crippen LogP contribution in [0.15, 0.2) is 52.9 Å². The van der Waals surface area contributed by atoms with Crippen LogP contribution in [0.25, 0.3) is 10.2 Å². The summed E-state index contributed by atoms with van der Waals surface area (Å²) in [6.45, 7) is 6.32. The highest BCUT2D eigenvalue weighted by Crippen LogP contribution is 2.36. The second-order valence-electron chi connectivity index (χ2n) is 7.89. The Morgan fingerprint density at radius 1 is 1.44 bits per heavy atom. The van der Waals surface area contributed by atoms with Crippen LogP contribution in [0.5, 0.6) is 0 Å². The second kappa shape index (κ2) is 9.72. The quantitative estimate of drug-likeness (QED) is 0.224. The number of carbonyl (C=O) groups excluding carboxylic acids is 1. The molecule has 0 radical (unpaired) electrons. The van der Waals surface area contributed by atoms with Crippen molar-refractivity contribution in [1.82, 2.24) is 9.55 Å². The molecule has 0 aliphatic heterocycles. The predicted octanol–water partition coefficient (Wildman–Crippen LogP) is 4.42. The summed E-state index contributed by atoms with van der Waals surface area (Å²) in [5.74, 6) is 0.483. The summed E-state index contributed by atoms with van der Waals surface area (Å²) in [4.78, 5) is 34.6. The lowest BCUT2D eigenvalue weighted by atomic mass is 9.89. The van der Waals surface area contributed by atoms with Crippen LogP contribution in [0.2, 0.25) is 0 Å². The van der Waals surface area contributed by atoms with Gasteiger partial charge in [-0.15, -0.1) is 17.9 Å². The number of fused-ring (bicyclic) bond motifs is 3. The zero-order valence-electron chi connectivity index (χ0n) is 17.9. The summed E-state index contributed by atoms with van der Waals surface area (Å²) in [7, 11) is 0. The van der Waals surface area contributed by atoms with Gasteiger partial charge < -0.3 is 0 Å². The van der Waals surface area contributed by atoms with Gasteiger partial charge in [0.25, 0.3) is 5.56 Å². The number of nitriles is 1. The van der Waals surface area contributed by atoms with Crippen molar-refractivity contribution in [2.45, 2.75) is 37.9 Å². The minimum absolute atomic E-state index is 0.0365. The van der Waals surface area contributed by atoms with E-state index in [9.17, 15) is 14.9 Å². The molecule has 164 valence electrons. The highest BCUT2D eigenvalue weighted by atomic mass is 32.2. The molecule has 0 bridgehead atoms. The number of allylic oxidation sites excluding steroid dienone is 1. The summed E-state index contributed by atoms with van der Waals surface area (Å²) < 4.78 is 1.61. The number of hydrogen-bond acceptors (Lipinski definition) is 6. The maximum atomic E-state index is 13.4. The Morgan fingerprint density at radius 3 is 2.94 bits per heavy atom. The molecule has 8 heteroatoms. The normalized spacial score (nSPS) is 15.2.